The van der Waals surface area contributed by atoms with Crippen LogP contribution in [-0.4, -0.2) is 57.7 Å². The van der Waals surface area contributed by atoms with Crippen molar-refractivity contribution in [3.8, 4) is 0 Å². The number of fused-ring (bicyclic) bond motifs is 1. The summed E-state index contributed by atoms with van der Waals surface area (Å²) in [4.78, 5) is 17.0. The zero-order valence-corrected chi connectivity index (χ0v) is 10.9. The van der Waals surface area contributed by atoms with Gasteiger partial charge in [-0.2, -0.15) is 5.10 Å². The molecule has 2 aliphatic heterocycles. The van der Waals surface area contributed by atoms with Gasteiger partial charge in [-0.25, -0.2) is 0 Å². The fraction of sp³-hybridized carbons (Fsp3) is 0.692. The van der Waals surface area contributed by atoms with Crippen molar-refractivity contribution in [2.45, 2.75) is 32.4 Å². The first-order valence-electron chi connectivity index (χ1n) is 6.84. The minimum Gasteiger partial charge on any atom is -0.334 e. The average Bonchev–Trinajstić information content (AvgIpc) is 3.05. The number of aromatic nitrogens is 2. The molecule has 1 amide bonds. The van der Waals surface area contributed by atoms with Crippen LogP contribution in [-0.2, 0) is 6.54 Å². The highest BCUT2D eigenvalue weighted by Gasteiger charge is 2.33. The van der Waals surface area contributed by atoms with Crippen LogP contribution in [0.15, 0.2) is 12.3 Å². The van der Waals surface area contributed by atoms with Crippen molar-refractivity contribution in [2.75, 3.05) is 26.2 Å². The molecule has 0 bridgehead atoms. The van der Waals surface area contributed by atoms with Gasteiger partial charge in [0.2, 0.25) is 0 Å². The van der Waals surface area contributed by atoms with E-state index in [2.05, 4.69) is 10.00 Å². The van der Waals surface area contributed by atoms with E-state index >= 15 is 0 Å². The largest absolute Gasteiger partial charge is 0.334 e. The maximum absolute atomic E-state index is 12.5. The Balaban J connectivity index is 1.73. The lowest BCUT2D eigenvalue weighted by atomic mass is 10.1. The lowest BCUT2D eigenvalue weighted by Gasteiger charge is -2.37. The molecule has 1 atom stereocenters. The molecule has 18 heavy (non-hydrogen) atoms. The molecule has 0 N–H and O–H groups in total. The van der Waals surface area contributed by atoms with E-state index in [1.54, 1.807) is 10.9 Å². The van der Waals surface area contributed by atoms with Crippen LogP contribution in [0.1, 0.15) is 30.3 Å². The van der Waals surface area contributed by atoms with Crippen molar-refractivity contribution < 1.29 is 4.79 Å². The quantitative estimate of drug-likeness (QED) is 0.778. The van der Waals surface area contributed by atoms with Crippen molar-refractivity contribution in [3.05, 3.63) is 18.0 Å². The van der Waals surface area contributed by atoms with Crippen molar-refractivity contribution >= 4 is 5.91 Å². The second-order valence-corrected chi connectivity index (χ2v) is 5.12. The molecule has 0 aromatic carbocycles. The number of carbonyl (C=O) groups excluding carboxylic acids is 1. The van der Waals surface area contributed by atoms with Gasteiger partial charge in [0.15, 0.2) is 0 Å². The Morgan fingerprint density at radius 2 is 2.33 bits per heavy atom. The molecule has 0 spiro atoms. The molecule has 0 unspecified atom stereocenters. The summed E-state index contributed by atoms with van der Waals surface area (Å²) in [5.74, 6) is 0.140. The standard InChI is InChI=1S/C13H20N4O/c1-2-17-12(5-6-14-17)13(18)16-9-8-15-7-3-4-11(15)10-16/h5-6,11H,2-4,7-10H2,1H3/t11-/m1/s1. The minimum absolute atomic E-state index is 0.140. The van der Waals surface area contributed by atoms with E-state index in [9.17, 15) is 4.79 Å². The molecule has 5 nitrogen and oxygen atoms in total. The molecular formula is C13H20N4O. The molecule has 1 aromatic heterocycles. The number of rotatable bonds is 2. The number of hydrogen-bond donors (Lipinski definition) is 0. The summed E-state index contributed by atoms with van der Waals surface area (Å²) in [6.07, 6.45) is 4.22. The van der Waals surface area contributed by atoms with Gasteiger partial charge in [-0.05, 0) is 32.4 Å². The number of amides is 1. The maximum atomic E-state index is 12.5. The summed E-state index contributed by atoms with van der Waals surface area (Å²) in [5, 5.41) is 4.18. The van der Waals surface area contributed by atoms with Crippen LogP contribution in [0, 0.1) is 0 Å². The molecule has 3 heterocycles. The highest BCUT2D eigenvalue weighted by Crippen LogP contribution is 2.22. The minimum atomic E-state index is 0.140. The lowest BCUT2D eigenvalue weighted by Crippen LogP contribution is -2.52. The molecule has 98 valence electrons. The van der Waals surface area contributed by atoms with Gasteiger partial charge in [-0.1, -0.05) is 0 Å². The summed E-state index contributed by atoms with van der Waals surface area (Å²) in [6, 6.07) is 2.41. The van der Waals surface area contributed by atoms with E-state index in [-0.39, 0.29) is 5.91 Å². The Labute approximate surface area is 107 Å². The van der Waals surface area contributed by atoms with E-state index < -0.39 is 0 Å². The Morgan fingerprint density at radius 1 is 1.44 bits per heavy atom. The number of carbonyl (C=O) groups is 1. The topological polar surface area (TPSA) is 41.4 Å². The van der Waals surface area contributed by atoms with Gasteiger partial charge in [0.25, 0.3) is 5.91 Å². The predicted molar refractivity (Wildman–Crippen MR) is 68.4 cm³/mol. The number of nitrogens with zero attached hydrogens (tertiary/aromatic N) is 4. The molecule has 0 aliphatic carbocycles. The van der Waals surface area contributed by atoms with Crippen molar-refractivity contribution in [1.29, 1.82) is 0 Å². The molecule has 2 aliphatic rings. The number of piperazine rings is 1. The van der Waals surface area contributed by atoms with E-state index in [0.717, 1.165) is 31.9 Å². The first-order valence-corrected chi connectivity index (χ1v) is 6.84. The maximum Gasteiger partial charge on any atom is 0.272 e. The number of aryl methyl sites for hydroxylation is 1. The molecule has 2 fully saturated rings. The van der Waals surface area contributed by atoms with Crippen molar-refractivity contribution in [2.24, 2.45) is 0 Å². The molecule has 5 heteroatoms. The van der Waals surface area contributed by atoms with Crippen molar-refractivity contribution in [1.82, 2.24) is 19.6 Å². The van der Waals surface area contributed by atoms with Gasteiger partial charge in [-0.15, -0.1) is 0 Å². The first kappa shape index (κ1) is 11.7. The van der Waals surface area contributed by atoms with Gasteiger partial charge < -0.3 is 4.90 Å². The zero-order chi connectivity index (χ0) is 12.5. The molecule has 0 radical (unpaired) electrons. The van der Waals surface area contributed by atoms with Gasteiger partial charge in [0, 0.05) is 38.4 Å². The fourth-order valence-electron chi connectivity index (χ4n) is 3.10. The normalized spacial score (nSPS) is 24.3. The predicted octanol–water partition coefficient (Wildman–Crippen LogP) is 0.823. The Morgan fingerprint density at radius 3 is 3.17 bits per heavy atom. The van der Waals surface area contributed by atoms with Crippen molar-refractivity contribution in [3.63, 3.8) is 0 Å². The highest BCUT2D eigenvalue weighted by molar-refractivity contribution is 5.92. The summed E-state index contributed by atoms with van der Waals surface area (Å²) >= 11 is 0. The van der Waals surface area contributed by atoms with E-state index in [0.29, 0.717) is 6.04 Å². The monoisotopic (exact) mass is 248 g/mol. The molecule has 3 rings (SSSR count). The van der Waals surface area contributed by atoms with Crippen LogP contribution in [0.5, 0.6) is 0 Å². The fourth-order valence-corrected chi connectivity index (χ4v) is 3.10. The van der Waals surface area contributed by atoms with E-state index in [4.69, 9.17) is 0 Å². The highest BCUT2D eigenvalue weighted by atomic mass is 16.2. The lowest BCUT2D eigenvalue weighted by molar-refractivity contribution is 0.0559. The third kappa shape index (κ3) is 1.92. The van der Waals surface area contributed by atoms with E-state index in [1.807, 2.05) is 17.9 Å². The van der Waals surface area contributed by atoms with Crippen LogP contribution in [0.4, 0.5) is 0 Å². The first-order chi connectivity index (χ1) is 8.79. The van der Waals surface area contributed by atoms with E-state index in [1.165, 1.54) is 19.4 Å². The second-order valence-electron chi connectivity index (χ2n) is 5.12. The molecule has 0 saturated carbocycles. The van der Waals surface area contributed by atoms with Gasteiger partial charge in [0.1, 0.15) is 5.69 Å². The third-order valence-corrected chi connectivity index (χ3v) is 4.11. The average molecular weight is 248 g/mol. The number of hydrogen-bond acceptors (Lipinski definition) is 3. The van der Waals surface area contributed by atoms with Gasteiger partial charge in [0.05, 0.1) is 0 Å². The van der Waals surface area contributed by atoms with Crippen LogP contribution in [0.3, 0.4) is 0 Å². The van der Waals surface area contributed by atoms with Gasteiger partial charge >= 0.3 is 0 Å². The summed E-state index contributed by atoms with van der Waals surface area (Å²) in [5.41, 5.74) is 0.726. The Hall–Kier alpha value is -1.36. The second kappa shape index (κ2) is 4.72. The summed E-state index contributed by atoms with van der Waals surface area (Å²) in [6.45, 7) is 6.73. The zero-order valence-electron chi connectivity index (χ0n) is 10.9. The molecule has 2 saturated heterocycles. The molecular weight excluding hydrogens is 228 g/mol. The van der Waals surface area contributed by atoms with Crippen LogP contribution < -0.4 is 0 Å². The molecule has 1 aromatic rings. The Bertz CT molecular complexity index is 442. The van der Waals surface area contributed by atoms with Crippen LogP contribution in [0.25, 0.3) is 0 Å². The summed E-state index contributed by atoms with van der Waals surface area (Å²) < 4.78 is 1.78. The van der Waals surface area contributed by atoms with Crippen LogP contribution in [0.2, 0.25) is 0 Å². The summed E-state index contributed by atoms with van der Waals surface area (Å²) in [7, 11) is 0. The Kier molecular flexibility index (Phi) is 3.07. The smallest absolute Gasteiger partial charge is 0.272 e. The third-order valence-electron chi connectivity index (χ3n) is 4.11. The van der Waals surface area contributed by atoms with Crippen LogP contribution >= 0.6 is 0 Å². The SMILES string of the molecule is CCn1nccc1C(=O)N1CCN2CCC[C@@H]2C1. The van der Waals surface area contributed by atoms with Gasteiger partial charge in [-0.3, -0.25) is 14.4 Å².